The van der Waals surface area contributed by atoms with E-state index in [0.717, 1.165) is 17.8 Å². The molecule has 0 aliphatic rings. The molecule has 3 N–H and O–H groups in total. The van der Waals surface area contributed by atoms with Crippen molar-refractivity contribution in [3.63, 3.8) is 0 Å². The van der Waals surface area contributed by atoms with Gasteiger partial charge in [-0.2, -0.15) is 0 Å². The minimum atomic E-state index is -3.71. The largest absolute Gasteiger partial charge is 0.493 e. The van der Waals surface area contributed by atoms with Crippen LogP contribution < -0.4 is 29.2 Å². The van der Waals surface area contributed by atoms with Gasteiger partial charge in [0.15, 0.2) is 23.0 Å². The molecule has 0 fully saturated rings. The van der Waals surface area contributed by atoms with Crippen LogP contribution in [-0.4, -0.2) is 59.6 Å². The van der Waals surface area contributed by atoms with Crippen molar-refractivity contribution in [1.29, 1.82) is 0 Å². The number of ether oxygens (including phenoxy) is 5. The molecule has 0 bridgehead atoms. The molecule has 1 unspecified atom stereocenters. The number of esters is 1. The normalized spacial score (nSPS) is 12.1. The highest BCUT2D eigenvalue weighted by atomic mass is 31.2. The number of rotatable bonds is 9. The van der Waals surface area contributed by atoms with Gasteiger partial charge < -0.3 is 38.8 Å². The van der Waals surface area contributed by atoms with E-state index in [1.54, 1.807) is 39.5 Å². The first-order valence-electron chi connectivity index (χ1n) is 9.55. The third-order valence-corrected chi connectivity index (χ3v) is 4.54. The van der Waals surface area contributed by atoms with E-state index in [9.17, 15) is 14.3 Å². The molecule has 1 atom stereocenters. The first-order chi connectivity index (χ1) is 15.6. The van der Waals surface area contributed by atoms with E-state index in [1.165, 1.54) is 14.2 Å². The Bertz CT molecular complexity index is 970. The Balaban J connectivity index is 0.000000801. The summed E-state index contributed by atoms with van der Waals surface area (Å²) in [6.07, 6.45) is 3.67. The fraction of sp³-hybridized carbons (Fsp3) is 0.318. The Morgan fingerprint density at radius 3 is 1.79 bits per heavy atom. The smallest absolute Gasteiger partial charge is 0.373 e. The van der Waals surface area contributed by atoms with Gasteiger partial charge in [0.25, 0.3) is 0 Å². The summed E-state index contributed by atoms with van der Waals surface area (Å²) in [4.78, 5) is 19.3. The zero-order valence-corrected chi connectivity index (χ0v) is 20.4. The first-order valence-corrected chi connectivity index (χ1v) is 11.6. The van der Waals surface area contributed by atoms with Crippen molar-refractivity contribution in [3.8, 4) is 28.7 Å². The van der Waals surface area contributed by atoms with Gasteiger partial charge in [-0.3, -0.25) is 4.79 Å². The molecule has 10 nitrogen and oxygen atoms in total. The number of methoxy groups -OCH3 is 5. The standard InChI is InChI=1S/C19H23O7P.C3H7NO2/c1-22-15-9-8-13(10-16(15)26-27(5,20)21)6-7-14-11-17(23-2)19(25-4)18(12-14)24-3;1-6-3(5)2-4/h6-12H,1-5H3,(H,20,21);2,4H2,1H3/b7-6-;. The second-order valence-corrected chi connectivity index (χ2v) is 8.17. The van der Waals surface area contributed by atoms with Gasteiger partial charge >= 0.3 is 13.6 Å². The number of hydrogen-bond donors (Lipinski definition) is 2. The van der Waals surface area contributed by atoms with E-state index < -0.39 is 7.60 Å². The maximum Gasteiger partial charge on any atom is 0.373 e. The summed E-state index contributed by atoms with van der Waals surface area (Å²) in [5.41, 5.74) is 6.39. The number of nitrogens with two attached hydrogens (primary N) is 1. The summed E-state index contributed by atoms with van der Waals surface area (Å²) in [5.74, 6) is 1.78. The molecule has 0 amide bonds. The van der Waals surface area contributed by atoms with Crippen LogP contribution in [0.15, 0.2) is 30.3 Å². The minimum Gasteiger partial charge on any atom is -0.493 e. The number of carbonyl (C=O) groups is 1. The summed E-state index contributed by atoms with van der Waals surface area (Å²) >= 11 is 0. The zero-order chi connectivity index (χ0) is 25.0. The highest BCUT2D eigenvalue weighted by molar-refractivity contribution is 7.52. The molecule has 0 saturated heterocycles. The van der Waals surface area contributed by atoms with Gasteiger partial charge in [0.1, 0.15) is 0 Å². The molecule has 33 heavy (non-hydrogen) atoms. The monoisotopic (exact) mass is 483 g/mol. The molecule has 11 heteroatoms. The first kappa shape index (κ1) is 27.8. The summed E-state index contributed by atoms with van der Waals surface area (Å²) in [7, 11) is 3.71. The quantitative estimate of drug-likeness (QED) is 0.311. The van der Waals surface area contributed by atoms with Crippen LogP contribution in [0.1, 0.15) is 11.1 Å². The van der Waals surface area contributed by atoms with Crippen LogP contribution in [0.25, 0.3) is 12.2 Å². The third-order valence-electron chi connectivity index (χ3n) is 4.01. The third kappa shape index (κ3) is 9.05. The van der Waals surface area contributed by atoms with Crippen LogP contribution in [0.2, 0.25) is 0 Å². The fourth-order valence-electron chi connectivity index (χ4n) is 2.52. The summed E-state index contributed by atoms with van der Waals surface area (Å²) < 4.78 is 42.0. The molecule has 0 saturated carbocycles. The fourth-order valence-corrected chi connectivity index (χ4v) is 3.03. The molecule has 2 aromatic rings. The van der Waals surface area contributed by atoms with Crippen molar-refractivity contribution >= 4 is 25.7 Å². The predicted octanol–water partition coefficient (Wildman–Crippen LogP) is 3.20. The van der Waals surface area contributed by atoms with E-state index in [4.69, 9.17) is 29.2 Å². The topological polar surface area (TPSA) is 136 Å². The van der Waals surface area contributed by atoms with Crippen molar-refractivity contribution in [2.45, 2.75) is 0 Å². The Morgan fingerprint density at radius 2 is 1.39 bits per heavy atom. The van der Waals surface area contributed by atoms with E-state index in [1.807, 2.05) is 24.3 Å². The van der Waals surface area contributed by atoms with Crippen molar-refractivity contribution in [2.24, 2.45) is 5.73 Å². The van der Waals surface area contributed by atoms with Gasteiger partial charge in [0.05, 0.1) is 42.1 Å². The van der Waals surface area contributed by atoms with Gasteiger partial charge in [0.2, 0.25) is 5.75 Å². The average molecular weight is 483 g/mol. The van der Waals surface area contributed by atoms with Crippen molar-refractivity contribution in [2.75, 3.05) is 48.8 Å². The van der Waals surface area contributed by atoms with Crippen molar-refractivity contribution in [1.82, 2.24) is 0 Å². The van der Waals surface area contributed by atoms with Gasteiger partial charge in [-0.05, 0) is 35.4 Å². The summed E-state index contributed by atoms with van der Waals surface area (Å²) in [6, 6.07) is 8.72. The van der Waals surface area contributed by atoms with E-state index in [-0.39, 0.29) is 18.3 Å². The van der Waals surface area contributed by atoms with Gasteiger partial charge in [-0.25, -0.2) is 4.57 Å². The second kappa shape index (κ2) is 13.4. The maximum atomic E-state index is 11.6. The Morgan fingerprint density at radius 1 is 0.879 bits per heavy atom. The SMILES string of the molecule is COC(=O)CN.COc1ccc(/C=C\c2cc(OC)c(OC)c(OC)c2)cc1OP(C)(=O)O. The minimum absolute atomic E-state index is 0.0312. The van der Waals surface area contributed by atoms with Gasteiger partial charge in [0, 0.05) is 6.66 Å². The molecule has 0 aliphatic heterocycles. The van der Waals surface area contributed by atoms with E-state index in [0.29, 0.717) is 23.0 Å². The molecule has 0 spiro atoms. The zero-order valence-electron chi connectivity index (χ0n) is 19.5. The lowest BCUT2D eigenvalue weighted by molar-refractivity contribution is -0.138. The van der Waals surface area contributed by atoms with Crippen molar-refractivity contribution in [3.05, 3.63) is 41.5 Å². The van der Waals surface area contributed by atoms with Crippen LogP contribution in [0.5, 0.6) is 28.7 Å². The Kier molecular flexibility index (Phi) is 11.3. The second-order valence-electron chi connectivity index (χ2n) is 6.38. The van der Waals surface area contributed by atoms with Gasteiger partial charge in [-0.15, -0.1) is 0 Å². The Hall–Kier alpha value is -3.20. The number of carbonyl (C=O) groups excluding carboxylic acids is 1. The van der Waals surface area contributed by atoms with Crippen LogP contribution in [0, 0.1) is 0 Å². The predicted molar refractivity (Wildman–Crippen MR) is 125 cm³/mol. The summed E-state index contributed by atoms with van der Waals surface area (Å²) in [6.45, 7) is 1.08. The lowest BCUT2D eigenvalue weighted by Gasteiger charge is -2.13. The molecule has 0 aromatic heterocycles. The van der Waals surface area contributed by atoms with Crippen LogP contribution in [0.4, 0.5) is 0 Å². The highest BCUT2D eigenvalue weighted by Crippen LogP contribution is 2.43. The molecule has 0 radical (unpaired) electrons. The van der Waals surface area contributed by atoms with Crippen LogP contribution in [-0.2, 0) is 14.1 Å². The van der Waals surface area contributed by atoms with Crippen LogP contribution >= 0.6 is 7.60 Å². The highest BCUT2D eigenvalue weighted by Gasteiger charge is 2.16. The Labute approximate surface area is 193 Å². The number of benzene rings is 2. The van der Waals surface area contributed by atoms with Gasteiger partial charge in [-0.1, -0.05) is 18.2 Å². The molecule has 0 aliphatic carbocycles. The van der Waals surface area contributed by atoms with E-state index >= 15 is 0 Å². The summed E-state index contributed by atoms with van der Waals surface area (Å²) in [5, 5.41) is 0. The molecule has 0 heterocycles. The lowest BCUT2D eigenvalue weighted by atomic mass is 10.1. The molecule has 2 rings (SSSR count). The van der Waals surface area contributed by atoms with Crippen LogP contribution in [0.3, 0.4) is 0 Å². The molecular formula is C22H30NO9P. The maximum absolute atomic E-state index is 11.6. The molecule has 182 valence electrons. The van der Waals surface area contributed by atoms with Crippen molar-refractivity contribution < 1.29 is 42.5 Å². The lowest BCUT2D eigenvalue weighted by Crippen LogP contribution is -2.14. The molecular weight excluding hydrogens is 453 g/mol. The molecule has 2 aromatic carbocycles. The van der Waals surface area contributed by atoms with E-state index in [2.05, 4.69) is 4.74 Å². The average Bonchev–Trinajstić information content (AvgIpc) is 2.80. The number of hydrogen-bond acceptors (Lipinski definition) is 9.